The van der Waals surface area contributed by atoms with Crippen LogP contribution in [0.1, 0.15) is 23.6 Å². The number of benzene rings is 3. The zero-order chi connectivity index (χ0) is 25.9. The predicted molar refractivity (Wildman–Crippen MR) is 140 cm³/mol. The van der Waals surface area contributed by atoms with Crippen molar-refractivity contribution in [2.75, 3.05) is 13.2 Å². The standard InChI is InChI=1S/C29H33N3O5/c1-21-26(20-34-18-23-8-4-2-5-9-23)37-29(28(27(21)33)35-19-24-10-6-3-7-11-24)36-25-14-12-22(13-15-25)16-17-31-32-30/h2-15,21,26-29,33H,16-20H2,1H3/t21-,26?,27-,28?,29+/m0/s1. The molecule has 0 radical (unpaired) electrons. The number of azide groups is 1. The van der Waals surface area contributed by atoms with Gasteiger partial charge in [0.25, 0.3) is 0 Å². The first-order valence-electron chi connectivity index (χ1n) is 12.5. The number of hydrogen-bond donors (Lipinski definition) is 1. The minimum absolute atomic E-state index is 0.223. The number of ether oxygens (including phenoxy) is 4. The monoisotopic (exact) mass is 503 g/mol. The highest BCUT2D eigenvalue weighted by molar-refractivity contribution is 5.28. The molecule has 5 atom stereocenters. The highest BCUT2D eigenvalue weighted by Gasteiger charge is 2.45. The Morgan fingerprint density at radius 1 is 0.892 bits per heavy atom. The molecule has 1 aliphatic rings. The van der Waals surface area contributed by atoms with Crippen LogP contribution >= 0.6 is 0 Å². The molecule has 37 heavy (non-hydrogen) atoms. The smallest absolute Gasteiger partial charge is 0.229 e. The van der Waals surface area contributed by atoms with Crippen molar-refractivity contribution in [2.45, 2.75) is 51.2 Å². The summed E-state index contributed by atoms with van der Waals surface area (Å²) in [7, 11) is 0. The summed E-state index contributed by atoms with van der Waals surface area (Å²) in [5.74, 6) is 0.371. The van der Waals surface area contributed by atoms with Crippen molar-refractivity contribution in [3.05, 3.63) is 112 Å². The molecule has 3 aromatic carbocycles. The maximum absolute atomic E-state index is 11.2. The van der Waals surface area contributed by atoms with Crippen molar-refractivity contribution in [1.29, 1.82) is 0 Å². The lowest BCUT2D eigenvalue weighted by molar-refractivity contribution is -0.277. The van der Waals surface area contributed by atoms with E-state index >= 15 is 0 Å². The third-order valence-corrected chi connectivity index (χ3v) is 6.46. The Hall–Kier alpha value is -3.39. The summed E-state index contributed by atoms with van der Waals surface area (Å²) in [6.45, 7) is 3.43. The quantitative estimate of drug-likeness (QED) is 0.201. The van der Waals surface area contributed by atoms with Crippen LogP contribution in [0, 0.1) is 5.92 Å². The van der Waals surface area contributed by atoms with E-state index < -0.39 is 18.5 Å². The van der Waals surface area contributed by atoms with Gasteiger partial charge in [-0.2, -0.15) is 0 Å². The van der Waals surface area contributed by atoms with Gasteiger partial charge < -0.3 is 24.1 Å². The summed E-state index contributed by atoms with van der Waals surface area (Å²) in [6, 6.07) is 27.3. The van der Waals surface area contributed by atoms with Crippen molar-refractivity contribution >= 4 is 0 Å². The minimum atomic E-state index is -0.825. The fourth-order valence-electron chi connectivity index (χ4n) is 4.24. The molecule has 1 heterocycles. The Morgan fingerprint density at radius 2 is 1.54 bits per heavy atom. The van der Waals surface area contributed by atoms with Crippen molar-refractivity contribution in [1.82, 2.24) is 0 Å². The first kappa shape index (κ1) is 26.7. The van der Waals surface area contributed by atoms with Gasteiger partial charge in [-0.05, 0) is 40.8 Å². The van der Waals surface area contributed by atoms with Gasteiger partial charge in [-0.1, -0.05) is 84.8 Å². The van der Waals surface area contributed by atoms with E-state index in [0.717, 1.165) is 16.7 Å². The number of nitrogens with zero attached hydrogens (tertiary/aromatic N) is 3. The SMILES string of the molecule is C[C@H]1C(COCc2ccccc2)O[C@@H](Oc2ccc(CCN=[N+]=[N-])cc2)C(OCc2ccccc2)[C@H]1O. The lowest BCUT2D eigenvalue weighted by atomic mass is 9.91. The molecule has 1 fully saturated rings. The first-order valence-corrected chi connectivity index (χ1v) is 12.5. The maximum Gasteiger partial charge on any atom is 0.229 e. The Morgan fingerprint density at radius 3 is 2.19 bits per heavy atom. The summed E-state index contributed by atoms with van der Waals surface area (Å²) in [5, 5.41) is 14.8. The number of hydrogen-bond acceptors (Lipinski definition) is 6. The molecule has 0 aromatic heterocycles. The lowest BCUT2D eigenvalue weighted by Crippen LogP contribution is -2.57. The van der Waals surface area contributed by atoms with Gasteiger partial charge in [-0.15, -0.1) is 0 Å². The molecule has 0 bridgehead atoms. The van der Waals surface area contributed by atoms with Crippen LogP contribution in [0.2, 0.25) is 0 Å². The van der Waals surface area contributed by atoms with Crippen molar-refractivity contribution in [3.8, 4) is 5.75 Å². The first-order chi connectivity index (χ1) is 18.1. The predicted octanol–water partition coefficient (Wildman–Crippen LogP) is 5.44. The molecule has 1 saturated heterocycles. The fourth-order valence-corrected chi connectivity index (χ4v) is 4.24. The molecule has 1 N–H and O–H groups in total. The highest BCUT2D eigenvalue weighted by atomic mass is 16.7. The molecule has 0 spiro atoms. The number of rotatable bonds is 12. The Balaban J connectivity index is 1.43. The van der Waals surface area contributed by atoms with E-state index in [-0.39, 0.29) is 12.0 Å². The maximum atomic E-state index is 11.2. The van der Waals surface area contributed by atoms with E-state index in [9.17, 15) is 5.11 Å². The Bertz CT molecular complexity index is 1120. The highest BCUT2D eigenvalue weighted by Crippen LogP contribution is 2.31. The van der Waals surface area contributed by atoms with E-state index in [1.165, 1.54) is 0 Å². The van der Waals surface area contributed by atoms with E-state index in [1.807, 2.05) is 91.9 Å². The summed E-state index contributed by atoms with van der Waals surface area (Å²) < 4.78 is 24.6. The average molecular weight is 504 g/mol. The minimum Gasteiger partial charge on any atom is -0.462 e. The molecule has 8 nitrogen and oxygen atoms in total. The van der Waals surface area contributed by atoms with Crippen LogP contribution in [0.3, 0.4) is 0 Å². The second-order valence-electron chi connectivity index (χ2n) is 9.12. The summed E-state index contributed by atoms with van der Waals surface area (Å²) >= 11 is 0. The second-order valence-corrected chi connectivity index (χ2v) is 9.12. The van der Waals surface area contributed by atoms with Crippen molar-refractivity contribution in [3.63, 3.8) is 0 Å². The molecule has 0 amide bonds. The van der Waals surface area contributed by atoms with Crippen LogP contribution in [0.5, 0.6) is 5.75 Å². The van der Waals surface area contributed by atoms with Gasteiger partial charge in [0, 0.05) is 17.4 Å². The van der Waals surface area contributed by atoms with E-state index in [1.54, 1.807) is 0 Å². The molecule has 194 valence electrons. The van der Waals surface area contributed by atoms with E-state index in [0.29, 0.717) is 38.5 Å². The third kappa shape index (κ3) is 7.79. The van der Waals surface area contributed by atoms with Crippen LogP contribution in [0.25, 0.3) is 10.4 Å². The molecule has 8 heteroatoms. The molecule has 3 aromatic rings. The molecule has 0 saturated carbocycles. The van der Waals surface area contributed by atoms with E-state index in [2.05, 4.69) is 10.0 Å². The van der Waals surface area contributed by atoms with Gasteiger partial charge in [0.05, 0.1) is 32.0 Å². The van der Waals surface area contributed by atoms with Gasteiger partial charge >= 0.3 is 0 Å². The average Bonchev–Trinajstić information content (AvgIpc) is 2.93. The van der Waals surface area contributed by atoms with Gasteiger partial charge in [-0.25, -0.2) is 0 Å². The molecule has 2 unspecified atom stereocenters. The number of aliphatic hydroxyl groups is 1. The zero-order valence-corrected chi connectivity index (χ0v) is 20.9. The second kappa shape index (κ2) is 13.8. The summed E-state index contributed by atoms with van der Waals surface area (Å²) in [4.78, 5) is 2.79. The molecular weight excluding hydrogens is 470 g/mol. The van der Waals surface area contributed by atoms with Crippen LogP contribution in [0.4, 0.5) is 0 Å². The largest absolute Gasteiger partial charge is 0.462 e. The lowest BCUT2D eigenvalue weighted by Gasteiger charge is -2.43. The van der Waals surface area contributed by atoms with Gasteiger partial charge in [0.15, 0.2) is 0 Å². The van der Waals surface area contributed by atoms with Crippen molar-refractivity contribution in [2.24, 2.45) is 11.0 Å². The fraction of sp³-hybridized carbons (Fsp3) is 0.379. The van der Waals surface area contributed by atoms with Crippen LogP contribution in [-0.2, 0) is 33.8 Å². The zero-order valence-electron chi connectivity index (χ0n) is 20.9. The Kier molecular flexibility index (Phi) is 9.94. The van der Waals surface area contributed by atoms with Crippen LogP contribution < -0.4 is 4.74 Å². The summed E-state index contributed by atoms with van der Waals surface area (Å²) in [5.41, 5.74) is 11.6. The van der Waals surface area contributed by atoms with Crippen LogP contribution in [-0.4, -0.2) is 42.9 Å². The summed E-state index contributed by atoms with van der Waals surface area (Å²) in [6.07, 6.45) is -2.05. The van der Waals surface area contributed by atoms with Gasteiger partial charge in [-0.3, -0.25) is 0 Å². The molecule has 0 aliphatic carbocycles. The Labute approximate surface area is 217 Å². The van der Waals surface area contributed by atoms with Gasteiger partial charge in [0.1, 0.15) is 11.9 Å². The number of aliphatic hydroxyl groups excluding tert-OH is 1. The molecular formula is C29H33N3O5. The van der Waals surface area contributed by atoms with Gasteiger partial charge in [0.2, 0.25) is 6.29 Å². The van der Waals surface area contributed by atoms with E-state index in [4.69, 9.17) is 24.5 Å². The normalized spacial score (nSPS) is 23.2. The molecule has 1 aliphatic heterocycles. The molecule has 4 rings (SSSR count). The van der Waals surface area contributed by atoms with Crippen molar-refractivity contribution < 1.29 is 24.1 Å². The van der Waals surface area contributed by atoms with Crippen LogP contribution in [0.15, 0.2) is 90.0 Å². The topological polar surface area (TPSA) is 106 Å². The third-order valence-electron chi connectivity index (χ3n) is 6.46.